The van der Waals surface area contributed by atoms with Crippen molar-refractivity contribution in [3.8, 4) is 0 Å². The Morgan fingerprint density at radius 2 is 1.40 bits per heavy atom. The summed E-state index contributed by atoms with van der Waals surface area (Å²) < 4.78 is 0. The number of rotatable bonds is 10. The van der Waals surface area contributed by atoms with E-state index in [0.29, 0.717) is 19.3 Å². The van der Waals surface area contributed by atoms with Crippen molar-refractivity contribution >= 4 is 5.97 Å². The van der Waals surface area contributed by atoms with Crippen molar-refractivity contribution in [2.75, 3.05) is 0 Å². The van der Waals surface area contributed by atoms with Crippen molar-refractivity contribution in [3.63, 3.8) is 0 Å². The number of carbonyl (C=O) groups excluding carboxylic acids is 1. The Labute approximate surface area is 180 Å². The second-order valence-corrected chi connectivity index (χ2v) is 10.5. The highest BCUT2D eigenvalue weighted by Crippen LogP contribution is 2.31. The van der Waals surface area contributed by atoms with Gasteiger partial charge in [-0.05, 0) is 92.9 Å². The van der Waals surface area contributed by atoms with Gasteiger partial charge in [0, 0.05) is 6.42 Å². The van der Waals surface area contributed by atoms with Gasteiger partial charge >= 0.3 is 5.97 Å². The van der Waals surface area contributed by atoms with Crippen LogP contribution in [0, 0.1) is 0 Å². The molecule has 7 heteroatoms. The highest BCUT2D eigenvalue weighted by atomic mass is 17.2. The third kappa shape index (κ3) is 10.5. The SMILES string of the molecule is CC(C)(C)OOC(C)(C)CCC(C)(Cc1cccc(C(=O)OO)c1)OOC(C)(C)C. The van der Waals surface area contributed by atoms with Gasteiger partial charge in [0.2, 0.25) is 0 Å². The molecule has 1 unspecified atom stereocenters. The van der Waals surface area contributed by atoms with Crippen molar-refractivity contribution in [1.82, 2.24) is 0 Å². The minimum absolute atomic E-state index is 0.260. The van der Waals surface area contributed by atoms with E-state index in [-0.39, 0.29) is 5.56 Å². The number of hydrogen-bond acceptors (Lipinski definition) is 7. The first-order valence-electron chi connectivity index (χ1n) is 10.2. The zero-order chi connectivity index (χ0) is 23.2. The molecular weight excluding hydrogens is 388 g/mol. The summed E-state index contributed by atoms with van der Waals surface area (Å²) in [5, 5.41) is 8.65. The van der Waals surface area contributed by atoms with Gasteiger partial charge in [0.05, 0.1) is 22.4 Å². The lowest BCUT2D eigenvalue weighted by Gasteiger charge is -2.35. The molecule has 0 aliphatic rings. The second-order valence-electron chi connectivity index (χ2n) is 10.5. The van der Waals surface area contributed by atoms with Crippen LogP contribution in [-0.2, 0) is 30.9 Å². The Morgan fingerprint density at radius 3 is 1.93 bits per heavy atom. The van der Waals surface area contributed by atoms with Gasteiger partial charge in [0.25, 0.3) is 0 Å². The molecule has 0 radical (unpaired) electrons. The van der Waals surface area contributed by atoms with Gasteiger partial charge < -0.3 is 0 Å². The lowest BCUT2D eigenvalue weighted by atomic mass is 9.87. The molecule has 0 aromatic heterocycles. The fourth-order valence-electron chi connectivity index (χ4n) is 2.52. The topological polar surface area (TPSA) is 83.5 Å². The van der Waals surface area contributed by atoms with Gasteiger partial charge in [-0.25, -0.2) is 24.3 Å². The average molecular weight is 427 g/mol. The lowest BCUT2D eigenvalue weighted by Crippen LogP contribution is -2.39. The summed E-state index contributed by atoms with van der Waals surface area (Å²) in [6, 6.07) is 6.86. The summed E-state index contributed by atoms with van der Waals surface area (Å²) in [5.41, 5.74) is -1.02. The molecule has 1 N–H and O–H groups in total. The molecule has 1 aromatic carbocycles. The van der Waals surface area contributed by atoms with E-state index in [0.717, 1.165) is 5.56 Å². The molecule has 0 fully saturated rings. The third-order valence-corrected chi connectivity index (χ3v) is 4.09. The highest BCUT2D eigenvalue weighted by Gasteiger charge is 2.34. The van der Waals surface area contributed by atoms with Crippen LogP contribution in [0.2, 0.25) is 0 Å². The molecule has 0 bridgehead atoms. The molecule has 1 rings (SSSR count). The normalized spacial score (nSPS) is 15.0. The van der Waals surface area contributed by atoms with E-state index in [1.165, 1.54) is 0 Å². The molecule has 0 saturated heterocycles. The van der Waals surface area contributed by atoms with Gasteiger partial charge in [-0.15, -0.1) is 0 Å². The van der Waals surface area contributed by atoms with Crippen LogP contribution in [0.3, 0.4) is 0 Å². The van der Waals surface area contributed by atoms with Crippen molar-refractivity contribution < 1.29 is 34.5 Å². The molecule has 0 aliphatic carbocycles. The van der Waals surface area contributed by atoms with Crippen LogP contribution in [0.1, 0.15) is 91.1 Å². The predicted molar refractivity (Wildman–Crippen MR) is 114 cm³/mol. The van der Waals surface area contributed by atoms with Crippen LogP contribution >= 0.6 is 0 Å². The first kappa shape index (κ1) is 26.5. The van der Waals surface area contributed by atoms with E-state index < -0.39 is 28.4 Å². The van der Waals surface area contributed by atoms with Crippen LogP contribution in [-0.4, -0.2) is 33.6 Å². The Morgan fingerprint density at radius 1 is 0.833 bits per heavy atom. The largest absolute Gasteiger partial charge is 0.372 e. The van der Waals surface area contributed by atoms with Crippen LogP contribution in [0.25, 0.3) is 0 Å². The molecule has 0 amide bonds. The zero-order valence-electron chi connectivity index (χ0n) is 19.8. The number of carbonyl (C=O) groups is 1. The quantitative estimate of drug-likeness (QED) is 0.381. The van der Waals surface area contributed by atoms with Crippen LogP contribution in [0.4, 0.5) is 0 Å². The maximum atomic E-state index is 11.6. The van der Waals surface area contributed by atoms with E-state index in [4.69, 9.17) is 24.8 Å². The molecule has 30 heavy (non-hydrogen) atoms. The smallest absolute Gasteiger partial charge is 0.296 e. The first-order valence-corrected chi connectivity index (χ1v) is 10.2. The van der Waals surface area contributed by atoms with Crippen molar-refractivity contribution in [1.29, 1.82) is 0 Å². The monoisotopic (exact) mass is 426 g/mol. The van der Waals surface area contributed by atoms with E-state index in [1.54, 1.807) is 18.2 Å². The number of hydrogen-bond donors (Lipinski definition) is 1. The molecule has 172 valence electrons. The maximum absolute atomic E-state index is 11.6. The molecular formula is C23H38O7. The summed E-state index contributed by atoms with van der Waals surface area (Å²) >= 11 is 0. The molecule has 7 nitrogen and oxygen atoms in total. The zero-order valence-corrected chi connectivity index (χ0v) is 19.8. The van der Waals surface area contributed by atoms with Crippen LogP contribution in [0.5, 0.6) is 0 Å². The van der Waals surface area contributed by atoms with E-state index >= 15 is 0 Å². The molecule has 0 heterocycles. The molecule has 0 saturated carbocycles. The van der Waals surface area contributed by atoms with Gasteiger partial charge in [-0.3, -0.25) is 4.89 Å². The molecule has 1 atom stereocenters. The Bertz CT molecular complexity index is 686. The Kier molecular flexibility index (Phi) is 9.02. The highest BCUT2D eigenvalue weighted by molar-refractivity contribution is 5.89. The summed E-state index contributed by atoms with van der Waals surface area (Å²) in [6.07, 6.45) is 1.73. The van der Waals surface area contributed by atoms with E-state index in [2.05, 4.69) is 4.89 Å². The van der Waals surface area contributed by atoms with Crippen LogP contribution < -0.4 is 0 Å². The van der Waals surface area contributed by atoms with Crippen LogP contribution in [0.15, 0.2) is 24.3 Å². The van der Waals surface area contributed by atoms with Gasteiger partial charge in [-0.2, -0.15) is 5.26 Å². The van der Waals surface area contributed by atoms with Gasteiger partial charge in [0.1, 0.15) is 5.60 Å². The fourth-order valence-corrected chi connectivity index (χ4v) is 2.52. The van der Waals surface area contributed by atoms with Crippen molar-refractivity contribution in [2.45, 2.75) is 104 Å². The Balaban J connectivity index is 2.96. The number of benzene rings is 1. The summed E-state index contributed by atoms with van der Waals surface area (Å²) in [6.45, 7) is 17.4. The van der Waals surface area contributed by atoms with E-state index in [9.17, 15) is 4.79 Å². The summed E-state index contributed by atoms with van der Waals surface area (Å²) in [4.78, 5) is 38.2. The molecule has 1 aromatic rings. The van der Waals surface area contributed by atoms with Crippen molar-refractivity contribution in [3.05, 3.63) is 35.4 Å². The van der Waals surface area contributed by atoms with Gasteiger partial charge in [0.15, 0.2) is 0 Å². The second kappa shape index (κ2) is 10.2. The first-order chi connectivity index (χ1) is 13.5. The lowest BCUT2D eigenvalue weighted by molar-refractivity contribution is -0.412. The van der Waals surface area contributed by atoms with E-state index in [1.807, 2.05) is 68.4 Å². The van der Waals surface area contributed by atoms with Gasteiger partial charge in [-0.1, -0.05) is 12.1 Å². The maximum Gasteiger partial charge on any atom is 0.372 e. The standard InChI is InChI=1S/C23H38O7/c1-20(2,3)27-29-22(7,8)13-14-23(9,30-28-21(4,5)6)16-17-11-10-12-18(15-17)19(24)26-25/h10-12,15,25H,13-14,16H2,1-9H3. The van der Waals surface area contributed by atoms with Crippen molar-refractivity contribution in [2.24, 2.45) is 0 Å². The minimum atomic E-state index is -0.806. The third-order valence-electron chi connectivity index (χ3n) is 4.09. The fraction of sp³-hybridized carbons (Fsp3) is 0.696. The minimum Gasteiger partial charge on any atom is -0.296 e. The molecule has 0 spiro atoms. The summed E-state index contributed by atoms with van der Waals surface area (Å²) in [5.74, 6) is -0.806. The average Bonchev–Trinajstić information content (AvgIpc) is 2.62. The summed E-state index contributed by atoms with van der Waals surface area (Å²) in [7, 11) is 0. The predicted octanol–water partition coefficient (Wildman–Crippen LogP) is 5.67. The molecule has 0 aliphatic heterocycles. The Hall–Kier alpha value is -1.51.